The zero-order chi connectivity index (χ0) is 29.1. The molecule has 1 unspecified atom stereocenters. The summed E-state index contributed by atoms with van der Waals surface area (Å²) in [4.78, 5) is 25.9. The van der Waals surface area contributed by atoms with Crippen LogP contribution in [0.15, 0.2) is 46.8 Å². The average molecular weight is 610 g/mol. The van der Waals surface area contributed by atoms with Crippen molar-refractivity contribution in [2.45, 2.75) is 44.2 Å². The van der Waals surface area contributed by atoms with Crippen molar-refractivity contribution in [2.24, 2.45) is 0 Å². The molecule has 0 aliphatic carbocycles. The van der Waals surface area contributed by atoms with Crippen LogP contribution in [-0.2, 0) is 23.8 Å². The maximum atomic E-state index is 13.2. The van der Waals surface area contributed by atoms with Gasteiger partial charge in [0.05, 0.1) is 62.4 Å². The molecule has 14 heteroatoms. The van der Waals surface area contributed by atoms with E-state index < -0.39 is 48.9 Å². The van der Waals surface area contributed by atoms with Gasteiger partial charge in [0.1, 0.15) is 18.3 Å². The molecule has 226 valence electrons. The number of benzene rings is 1. The highest BCUT2D eigenvalue weighted by molar-refractivity contribution is 6.31. The molecular formula is C26H38Cl2N2O10. The summed E-state index contributed by atoms with van der Waals surface area (Å²) in [5.74, 6) is -2.16. The molecule has 0 saturated carbocycles. The molecule has 0 saturated heterocycles. The monoisotopic (exact) mass is 608 g/mol. The largest absolute Gasteiger partial charge is 0.466 e. The quantitative estimate of drug-likeness (QED) is 0.102. The van der Waals surface area contributed by atoms with E-state index in [0.717, 1.165) is 0 Å². The molecule has 1 heterocycles. The van der Waals surface area contributed by atoms with Crippen molar-refractivity contribution in [3.63, 3.8) is 0 Å². The summed E-state index contributed by atoms with van der Waals surface area (Å²) in [7, 11) is 1.25. The van der Waals surface area contributed by atoms with Crippen LogP contribution in [-0.4, -0.2) is 109 Å². The number of carbonyl (C=O) groups excluding carboxylic acids is 2. The Bertz CT molecular complexity index is 1050. The lowest BCUT2D eigenvalue weighted by Gasteiger charge is -2.31. The van der Waals surface area contributed by atoms with Gasteiger partial charge in [-0.1, -0.05) is 29.8 Å². The Labute approximate surface area is 244 Å². The van der Waals surface area contributed by atoms with Gasteiger partial charge >= 0.3 is 11.9 Å². The molecule has 0 fully saturated rings. The van der Waals surface area contributed by atoms with E-state index in [1.807, 2.05) is 0 Å². The van der Waals surface area contributed by atoms with Crippen LogP contribution in [0, 0.1) is 0 Å². The van der Waals surface area contributed by atoms with Gasteiger partial charge in [0, 0.05) is 23.8 Å². The van der Waals surface area contributed by atoms with Crippen LogP contribution < -0.4 is 10.6 Å². The number of aliphatic hydroxyl groups excluding tert-OH is 5. The molecule has 1 aliphatic rings. The Morgan fingerprint density at radius 2 is 1.73 bits per heavy atom. The van der Waals surface area contributed by atoms with Crippen LogP contribution in [0.1, 0.15) is 25.3 Å². The maximum Gasteiger partial charge on any atom is 0.336 e. The molecule has 0 spiro atoms. The first-order valence-electron chi connectivity index (χ1n) is 12.4. The van der Waals surface area contributed by atoms with Gasteiger partial charge in [0.2, 0.25) is 0 Å². The van der Waals surface area contributed by atoms with Crippen LogP contribution in [0.3, 0.4) is 0 Å². The second-order valence-electron chi connectivity index (χ2n) is 8.78. The van der Waals surface area contributed by atoms with Crippen molar-refractivity contribution in [3.05, 3.63) is 57.4 Å². The molecule has 0 bridgehead atoms. The number of dihydropyridines is 1. The molecule has 1 aliphatic heterocycles. The lowest BCUT2D eigenvalue weighted by Crippen LogP contribution is -2.49. The van der Waals surface area contributed by atoms with Crippen LogP contribution in [0.2, 0.25) is 5.02 Å². The summed E-state index contributed by atoms with van der Waals surface area (Å²) in [5, 5.41) is 54.1. The van der Waals surface area contributed by atoms with E-state index in [0.29, 0.717) is 22.0 Å². The van der Waals surface area contributed by atoms with Gasteiger partial charge in [-0.25, -0.2) is 9.59 Å². The number of carbonyl (C=O) groups is 2. The zero-order valence-corrected chi connectivity index (χ0v) is 24.1. The fourth-order valence-corrected chi connectivity index (χ4v) is 4.36. The van der Waals surface area contributed by atoms with E-state index in [4.69, 9.17) is 30.9 Å². The lowest BCUT2D eigenvalue weighted by molar-refractivity contribution is -0.139. The Morgan fingerprint density at radius 1 is 1.07 bits per heavy atom. The fourth-order valence-electron chi connectivity index (χ4n) is 4.11. The second kappa shape index (κ2) is 17.5. The van der Waals surface area contributed by atoms with Crippen LogP contribution in [0.25, 0.3) is 0 Å². The topological polar surface area (TPSA) is 187 Å². The smallest absolute Gasteiger partial charge is 0.336 e. The summed E-state index contributed by atoms with van der Waals surface area (Å²) >= 11 is 6.48. The SMILES string of the molecule is CCOC(=O)C1=C(COCCNC[C@H](O)[C@@H](O)[C@H](O)[C@H](O)CO)NC(C)=C(C(=O)OC)C1c1ccccc1Cl.Cl. The predicted molar refractivity (Wildman–Crippen MR) is 148 cm³/mol. The first kappa shape index (κ1) is 35.8. The summed E-state index contributed by atoms with van der Waals surface area (Å²) in [6, 6.07) is 6.85. The summed E-state index contributed by atoms with van der Waals surface area (Å²) < 4.78 is 16.0. The van der Waals surface area contributed by atoms with Gasteiger partial charge in [-0.15, -0.1) is 12.4 Å². The number of esters is 2. The summed E-state index contributed by atoms with van der Waals surface area (Å²) in [6.45, 7) is 2.83. The standard InChI is InChI=1S/C26H37ClN2O10.ClH/c1-4-39-26(36)22-17(13-38-10-9-28-11-18(31)23(33)24(34)19(32)12-30)29-14(2)20(25(35)37-3)21(22)15-7-5-6-8-16(15)27;/h5-8,18-19,21,23-24,28-34H,4,9-13H2,1-3H3;1H/t18-,19+,21?,23+,24+;/m0./s1. The molecule has 5 atom stereocenters. The molecule has 7 N–H and O–H groups in total. The Balaban J connectivity index is 0.00000800. The Kier molecular flexibility index (Phi) is 15.7. The Hall–Kier alpha value is -2.26. The van der Waals surface area contributed by atoms with Crippen molar-refractivity contribution < 1.29 is 49.3 Å². The minimum atomic E-state index is -1.72. The summed E-state index contributed by atoms with van der Waals surface area (Å²) in [5.41, 5.74) is 1.71. The summed E-state index contributed by atoms with van der Waals surface area (Å²) in [6.07, 6.45) is -6.40. The molecule has 1 aromatic rings. The highest BCUT2D eigenvalue weighted by atomic mass is 35.5. The minimum Gasteiger partial charge on any atom is -0.466 e. The third-order valence-electron chi connectivity index (χ3n) is 6.11. The van der Waals surface area contributed by atoms with Crippen molar-refractivity contribution in [3.8, 4) is 0 Å². The van der Waals surface area contributed by atoms with Crippen LogP contribution in [0.4, 0.5) is 0 Å². The normalized spacial score (nSPS) is 18.3. The molecule has 2 rings (SSSR count). The Morgan fingerprint density at radius 3 is 2.33 bits per heavy atom. The fraction of sp³-hybridized carbons (Fsp3) is 0.538. The first-order chi connectivity index (χ1) is 18.6. The van der Waals surface area contributed by atoms with Crippen LogP contribution >= 0.6 is 24.0 Å². The van der Waals surface area contributed by atoms with Gasteiger partial charge in [0.15, 0.2) is 0 Å². The predicted octanol–water partition coefficient (Wildman–Crippen LogP) is -0.245. The third kappa shape index (κ3) is 9.13. The van der Waals surface area contributed by atoms with Crippen LogP contribution in [0.5, 0.6) is 0 Å². The van der Waals surface area contributed by atoms with Crippen molar-refractivity contribution in [2.75, 3.05) is 46.6 Å². The number of hydrogen-bond acceptors (Lipinski definition) is 12. The second-order valence-corrected chi connectivity index (χ2v) is 9.18. The third-order valence-corrected chi connectivity index (χ3v) is 6.45. The molecular weight excluding hydrogens is 571 g/mol. The van der Waals surface area contributed by atoms with Gasteiger partial charge < -0.3 is 50.4 Å². The number of allylic oxidation sites excluding steroid dienone is 1. The maximum absolute atomic E-state index is 13.2. The van der Waals surface area contributed by atoms with Crippen molar-refractivity contribution >= 4 is 35.9 Å². The van der Waals surface area contributed by atoms with E-state index in [9.17, 15) is 30.0 Å². The van der Waals surface area contributed by atoms with E-state index in [-0.39, 0.29) is 56.5 Å². The van der Waals surface area contributed by atoms with Gasteiger partial charge in [-0.2, -0.15) is 0 Å². The average Bonchev–Trinajstić information content (AvgIpc) is 2.92. The molecule has 40 heavy (non-hydrogen) atoms. The van der Waals surface area contributed by atoms with Gasteiger partial charge in [-0.05, 0) is 25.5 Å². The zero-order valence-electron chi connectivity index (χ0n) is 22.5. The lowest BCUT2D eigenvalue weighted by atomic mass is 9.80. The number of aliphatic hydroxyl groups is 5. The highest BCUT2D eigenvalue weighted by Crippen LogP contribution is 2.41. The number of rotatable bonds is 15. The highest BCUT2D eigenvalue weighted by Gasteiger charge is 2.39. The first-order valence-corrected chi connectivity index (χ1v) is 12.8. The molecule has 1 aromatic carbocycles. The molecule has 0 radical (unpaired) electrons. The number of hydrogen-bond donors (Lipinski definition) is 7. The van der Waals surface area contributed by atoms with Gasteiger partial charge in [-0.3, -0.25) is 0 Å². The molecule has 12 nitrogen and oxygen atoms in total. The number of ether oxygens (including phenoxy) is 3. The number of methoxy groups -OCH3 is 1. The number of halogens is 2. The van der Waals surface area contributed by atoms with Crippen molar-refractivity contribution in [1.82, 2.24) is 10.6 Å². The van der Waals surface area contributed by atoms with E-state index in [1.165, 1.54) is 7.11 Å². The van der Waals surface area contributed by atoms with Gasteiger partial charge in [0.25, 0.3) is 0 Å². The van der Waals surface area contributed by atoms with E-state index in [2.05, 4.69) is 10.6 Å². The minimum absolute atomic E-state index is 0. The van der Waals surface area contributed by atoms with Crippen molar-refractivity contribution in [1.29, 1.82) is 0 Å². The van der Waals surface area contributed by atoms with E-state index in [1.54, 1.807) is 38.1 Å². The molecule has 0 aromatic heterocycles. The molecule has 0 amide bonds. The van der Waals surface area contributed by atoms with E-state index >= 15 is 0 Å². The number of nitrogens with one attached hydrogen (secondary N) is 2.